The molecule has 2 aromatic rings. The van der Waals surface area contributed by atoms with E-state index < -0.39 is 5.24 Å². The molecular formula is C10H7ClO3. The second-order valence-electron chi connectivity index (χ2n) is 2.94. The van der Waals surface area contributed by atoms with Gasteiger partial charge in [0.05, 0.1) is 6.42 Å². The average molecular weight is 211 g/mol. The van der Waals surface area contributed by atoms with Gasteiger partial charge in [-0.1, -0.05) is 12.1 Å². The monoisotopic (exact) mass is 210 g/mol. The number of furan rings is 1. The number of carbonyl (C=O) groups excluding carboxylic acids is 1. The first-order valence-corrected chi connectivity index (χ1v) is 4.43. The highest BCUT2D eigenvalue weighted by Crippen LogP contribution is 2.27. The fourth-order valence-corrected chi connectivity index (χ4v) is 1.46. The van der Waals surface area contributed by atoms with E-state index in [2.05, 4.69) is 0 Å². The maximum atomic E-state index is 10.6. The molecule has 0 aliphatic rings. The van der Waals surface area contributed by atoms with Crippen molar-refractivity contribution < 1.29 is 14.3 Å². The van der Waals surface area contributed by atoms with Gasteiger partial charge in [-0.05, 0) is 23.7 Å². The molecule has 0 atom stereocenters. The fourth-order valence-electron chi connectivity index (χ4n) is 1.33. The summed E-state index contributed by atoms with van der Waals surface area (Å²) in [5, 5.41) is 9.69. The van der Waals surface area contributed by atoms with Crippen molar-refractivity contribution in [3.05, 3.63) is 30.0 Å². The van der Waals surface area contributed by atoms with Gasteiger partial charge in [-0.15, -0.1) is 0 Å². The smallest absolute Gasteiger partial charge is 0.229 e. The molecule has 72 valence electrons. The Bertz CT molecular complexity index is 487. The molecule has 1 aromatic heterocycles. The Kier molecular flexibility index (Phi) is 2.17. The van der Waals surface area contributed by atoms with Gasteiger partial charge in [0, 0.05) is 5.39 Å². The third-order valence-electron chi connectivity index (χ3n) is 1.89. The number of hydrogen-bond donors (Lipinski definition) is 1. The van der Waals surface area contributed by atoms with Crippen LogP contribution in [0, 0.1) is 0 Å². The lowest BCUT2D eigenvalue weighted by Crippen LogP contribution is -1.89. The van der Waals surface area contributed by atoms with Crippen molar-refractivity contribution in [2.24, 2.45) is 0 Å². The Morgan fingerprint density at radius 2 is 2.29 bits per heavy atom. The molecular weight excluding hydrogens is 204 g/mol. The number of phenolic OH excluding ortho intramolecular Hbond substituents is 1. The zero-order valence-corrected chi connectivity index (χ0v) is 7.91. The van der Waals surface area contributed by atoms with E-state index in [1.54, 1.807) is 18.2 Å². The van der Waals surface area contributed by atoms with Gasteiger partial charge in [0.25, 0.3) is 0 Å². The normalized spacial score (nSPS) is 10.6. The van der Waals surface area contributed by atoms with E-state index in [1.165, 1.54) is 6.07 Å². The summed E-state index contributed by atoms with van der Waals surface area (Å²) in [5.74, 6) is 0.525. The molecule has 0 saturated carbocycles. The van der Waals surface area contributed by atoms with Crippen LogP contribution < -0.4 is 0 Å². The lowest BCUT2D eigenvalue weighted by molar-refractivity contribution is -0.111. The van der Waals surface area contributed by atoms with Crippen LogP contribution >= 0.6 is 11.6 Å². The molecule has 3 nitrogen and oxygen atoms in total. The van der Waals surface area contributed by atoms with Crippen LogP contribution in [0.3, 0.4) is 0 Å². The molecule has 14 heavy (non-hydrogen) atoms. The van der Waals surface area contributed by atoms with E-state index in [9.17, 15) is 9.90 Å². The summed E-state index contributed by atoms with van der Waals surface area (Å²) >= 11 is 5.22. The van der Waals surface area contributed by atoms with Gasteiger partial charge in [-0.3, -0.25) is 4.79 Å². The molecule has 1 heterocycles. The number of fused-ring (bicyclic) bond motifs is 1. The van der Waals surface area contributed by atoms with E-state index >= 15 is 0 Å². The summed E-state index contributed by atoms with van der Waals surface area (Å²) in [5.41, 5.74) is 0.389. The maximum Gasteiger partial charge on any atom is 0.229 e. The van der Waals surface area contributed by atoms with Gasteiger partial charge in [0.1, 0.15) is 5.76 Å². The molecule has 0 spiro atoms. The van der Waals surface area contributed by atoms with Crippen LogP contribution in [0.1, 0.15) is 5.76 Å². The molecule has 0 radical (unpaired) electrons. The Morgan fingerprint density at radius 1 is 1.50 bits per heavy atom. The van der Waals surface area contributed by atoms with Crippen LogP contribution in [0.4, 0.5) is 0 Å². The van der Waals surface area contributed by atoms with Crippen LogP contribution in [0.15, 0.2) is 28.7 Å². The van der Waals surface area contributed by atoms with E-state index in [0.29, 0.717) is 11.3 Å². The average Bonchev–Trinajstić information content (AvgIpc) is 2.47. The molecule has 0 amide bonds. The van der Waals surface area contributed by atoms with E-state index in [1.807, 2.05) is 0 Å². The van der Waals surface area contributed by atoms with Crippen molar-refractivity contribution in [2.45, 2.75) is 6.42 Å². The summed E-state index contributed by atoms with van der Waals surface area (Å²) in [7, 11) is 0. The summed E-state index contributed by atoms with van der Waals surface area (Å²) in [6.45, 7) is 0. The number of hydrogen-bond acceptors (Lipinski definition) is 3. The van der Waals surface area contributed by atoms with Gasteiger partial charge >= 0.3 is 0 Å². The minimum absolute atomic E-state index is 0.0374. The Hall–Kier alpha value is -1.48. The first-order valence-electron chi connectivity index (χ1n) is 4.05. The van der Waals surface area contributed by atoms with Crippen molar-refractivity contribution in [3.63, 3.8) is 0 Å². The largest absolute Gasteiger partial charge is 0.504 e. The van der Waals surface area contributed by atoms with E-state index in [-0.39, 0.29) is 12.2 Å². The highest BCUT2D eigenvalue weighted by atomic mass is 35.5. The number of phenols is 1. The molecule has 1 aromatic carbocycles. The third kappa shape index (κ3) is 1.59. The number of rotatable bonds is 2. The second-order valence-corrected chi connectivity index (χ2v) is 3.36. The zero-order chi connectivity index (χ0) is 10.1. The van der Waals surface area contributed by atoms with Crippen molar-refractivity contribution in [3.8, 4) is 5.75 Å². The number of halogens is 1. The highest BCUT2D eigenvalue weighted by molar-refractivity contribution is 6.63. The predicted octanol–water partition coefficient (Wildman–Crippen LogP) is 2.45. The van der Waals surface area contributed by atoms with Crippen LogP contribution in [-0.2, 0) is 11.2 Å². The second kappa shape index (κ2) is 3.35. The number of para-hydroxylation sites is 1. The van der Waals surface area contributed by atoms with Crippen LogP contribution in [0.2, 0.25) is 0 Å². The minimum atomic E-state index is -0.483. The molecule has 2 rings (SSSR count). The molecule has 0 aliphatic heterocycles. The van der Waals surface area contributed by atoms with Crippen LogP contribution in [0.5, 0.6) is 5.75 Å². The molecule has 0 aliphatic carbocycles. The summed E-state index contributed by atoms with van der Waals surface area (Å²) in [4.78, 5) is 10.6. The van der Waals surface area contributed by atoms with Crippen molar-refractivity contribution in [2.75, 3.05) is 0 Å². The molecule has 0 fully saturated rings. The van der Waals surface area contributed by atoms with Crippen molar-refractivity contribution >= 4 is 27.8 Å². The molecule has 4 heteroatoms. The van der Waals surface area contributed by atoms with Gasteiger partial charge in [0.2, 0.25) is 5.24 Å². The summed E-state index contributed by atoms with van der Waals surface area (Å²) < 4.78 is 5.25. The first kappa shape index (κ1) is 9.09. The van der Waals surface area contributed by atoms with Crippen molar-refractivity contribution in [1.29, 1.82) is 0 Å². The van der Waals surface area contributed by atoms with Gasteiger partial charge in [0.15, 0.2) is 11.3 Å². The molecule has 1 N–H and O–H groups in total. The molecule has 0 unspecified atom stereocenters. The Morgan fingerprint density at radius 3 is 2.93 bits per heavy atom. The van der Waals surface area contributed by atoms with Crippen molar-refractivity contribution in [1.82, 2.24) is 0 Å². The highest BCUT2D eigenvalue weighted by Gasteiger charge is 2.09. The standard InChI is InChI=1S/C10H7ClO3/c11-9(13)5-7-4-6-2-1-3-8(12)10(6)14-7/h1-4,12H,5H2. The Labute approximate surface area is 84.9 Å². The van der Waals surface area contributed by atoms with Gasteiger partial charge in [-0.25, -0.2) is 0 Å². The lowest BCUT2D eigenvalue weighted by Gasteiger charge is -1.91. The topological polar surface area (TPSA) is 50.4 Å². The summed E-state index contributed by atoms with van der Waals surface area (Å²) in [6, 6.07) is 6.72. The van der Waals surface area contributed by atoms with E-state index in [4.69, 9.17) is 16.0 Å². The third-order valence-corrected chi connectivity index (χ3v) is 2.02. The fraction of sp³-hybridized carbons (Fsp3) is 0.100. The van der Waals surface area contributed by atoms with Gasteiger partial charge in [-0.2, -0.15) is 0 Å². The SMILES string of the molecule is O=C(Cl)Cc1cc2cccc(O)c2o1. The molecule has 0 saturated heterocycles. The quantitative estimate of drug-likeness (QED) is 0.775. The van der Waals surface area contributed by atoms with E-state index in [0.717, 1.165) is 5.39 Å². The zero-order valence-electron chi connectivity index (χ0n) is 7.16. The van der Waals surface area contributed by atoms with Crippen LogP contribution in [-0.4, -0.2) is 10.3 Å². The predicted molar refractivity (Wildman–Crippen MR) is 52.4 cm³/mol. The van der Waals surface area contributed by atoms with Crippen LogP contribution in [0.25, 0.3) is 11.0 Å². The first-order chi connectivity index (χ1) is 6.66. The Balaban J connectivity index is 2.51. The van der Waals surface area contributed by atoms with Gasteiger partial charge < -0.3 is 9.52 Å². The number of benzene rings is 1. The maximum absolute atomic E-state index is 10.6. The minimum Gasteiger partial charge on any atom is -0.504 e. The molecule has 0 bridgehead atoms. The summed E-state index contributed by atoms with van der Waals surface area (Å²) in [6.07, 6.45) is 0.0374. The number of aromatic hydroxyl groups is 1. The number of carbonyl (C=O) groups is 1. The lowest BCUT2D eigenvalue weighted by atomic mass is 10.2.